The van der Waals surface area contributed by atoms with Crippen LogP contribution in [-0.4, -0.2) is 29.2 Å². The van der Waals surface area contributed by atoms with Crippen molar-refractivity contribution in [2.75, 3.05) is 23.3 Å². The van der Waals surface area contributed by atoms with E-state index in [1.54, 1.807) is 0 Å². The number of hydrogen-bond donors (Lipinski definition) is 2. The highest BCUT2D eigenvalue weighted by molar-refractivity contribution is 9.10. The molecule has 2 aromatic carbocycles. The Morgan fingerprint density at radius 3 is 2.68 bits per heavy atom. The van der Waals surface area contributed by atoms with Gasteiger partial charge in [-0.25, -0.2) is 0 Å². The van der Waals surface area contributed by atoms with Gasteiger partial charge in [-0.1, -0.05) is 34.1 Å². The highest BCUT2D eigenvalue weighted by Gasteiger charge is 2.13. The first-order valence-corrected chi connectivity index (χ1v) is 9.18. The van der Waals surface area contributed by atoms with Crippen LogP contribution in [0, 0.1) is 0 Å². The second kappa shape index (κ2) is 7.70. The minimum Gasteiger partial charge on any atom is -0.372 e. The summed E-state index contributed by atoms with van der Waals surface area (Å²) in [7, 11) is 0. The van der Waals surface area contributed by atoms with Crippen LogP contribution in [0.1, 0.15) is 19.4 Å². The van der Waals surface area contributed by atoms with Crippen molar-refractivity contribution >= 4 is 44.2 Å². The second-order valence-corrected chi connectivity index (χ2v) is 6.65. The number of rotatable bonds is 6. The molecule has 0 saturated heterocycles. The minimum absolute atomic E-state index is 0.0893. The van der Waals surface area contributed by atoms with Gasteiger partial charge in [0.05, 0.1) is 11.9 Å². The molecule has 0 saturated carbocycles. The Hall–Kier alpha value is -2.34. The molecule has 1 amide bonds. The SMILES string of the molecule is CCN(CC)c1ccc2[nH]nc(NC(=O)Cc3ccccc3Br)c2c1. The van der Waals surface area contributed by atoms with E-state index in [9.17, 15) is 4.79 Å². The monoisotopic (exact) mass is 400 g/mol. The molecule has 25 heavy (non-hydrogen) atoms. The van der Waals surface area contributed by atoms with Crippen molar-refractivity contribution in [1.29, 1.82) is 0 Å². The molecule has 0 aliphatic carbocycles. The van der Waals surface area contributed by atoms with E-state index in [4.69, 9.17) is 0 Å². The zero-order chi connectivity index (χ0) is 17.8. The zero-order valence-corrected chi connectivity index (χ0v) is 15.9. The second-order valence-electron chi connectivity index (χ2n) is 5.79. The lowest BCUT2D eigenvalue weighted by Gasteiger charge is -2.20. The van der Waals surface area contributed by atoms with Gasteiger partial charge in [-0.2, -0.15) is 5.10 Å². The maximum Gasteiger partial charge on any atom is 0.230 e. The lowest BCUT2D eigenvalue weighted by molar-refractivity contribution is -0.115. The number of nitrogens with one attached hydrogen (secondary N) is 2. The number of anilines is 2. The molecule has 0 radical (unpaired) electrons. The van der Waals surface area contributed by atoms with E-state index >= 15 is 0 Å². The van der Waals surface area contributed by atoms with Gasteiger partial charge in [-0.05, 0) is 43.7 Å². The summed E-state index contributed by atoms with van der Waals surface area (Å²) >= 11 is 3.48. The number of H-pyrrole nitrogens is 1. The summed E-state index contributed by atoms with van der Waals surface area (Å²) < 4.78 is 0.931. The highest BCUT2D eigenvalue weighted by Crippen LogP contribution is 2.26. The van der Waals surface area contributed by atoms with Crippen LogP contribution in [0.5, 0.6) is 0 Å². The minimum atomic E-state index is -0.0893. The van der Waals surface area contributed by atoms with E-state index in [1.807, 2.05) is 30.3 Å². The molecule has 3 rings (SSSR count). The van der Waals surface area contributed by atoms with Crippen LogP contribution in [0.4, 0.5) is 11.5 Å². The summed E-state index contributed by atoms with van der Waals surface area (Å²) in [4.78, 5) is 14.7. The molecular weight excluding hydrogens is 380 g/mol. The molecule has 130 valence electrons. The first-order chi connectivity index (χ1) is 12.1. The van der Waals surface area contributed by atoms with Crippen LogP contribution in [-0.2, 0) is 11.2 Å². The fourth-order valence-electron chi connectivity index (χ4n) is 2.87. The average molecular weight is 401 g/mol. The molecule has 0 fully saturated rings. The fourth-order valence-corrected chi connectivity index (χ4v) is 3.30. The van der Waals surface area contributed by atoms with Crippen molar-refractivity contribution in [2.24, 2.45) is 0 Å². The molecule has 1 aromatic heterocycles. The lowest BCUT2D eigenvalue weighted by atomic mass is 10.1. The average Bonchev–Trinajstić information content (AvgIpc) is 3.00. The Labute approximate surface area is 155 Å². The number of hydrogen-bond acceptors (Lipinski definition) is 3. The number of aromatic amines is 1. The molecule has 3 aromatic rings. The summed E-state index contributed by atoms with van der Waals surface area (Å²) in [5.41, 5.74) is 2.98. The number of carbonyl (C=O) groups is 1. The van der Waals surface area contributed by atoms with E-state index < -0.39 is 0 Å². The highest BCUT2D eigenvalue weighted by atomic mass is 79.9. The van der Waals surface area contributed by atoms with Crippen molar-refractivity contribution in [3.8, 4) is 0 Å². The molecular formula is C19H21BrN4O. The van der Waals surface area contributed by atoms with E-state index in [0.29, 0.717) is 12.2 Å². The Morgan fingerprint density at radius 1 is 1.20 bits per heavy atom. The van der Waals surface area contributed by atoms with Gasteiger partial charge in [0.25, 0.3) is 0 Å². The quantitative estimate of drug-likeness (QED) is 0.646. The predicted octanol–water partition coefficient (Wildman–Crippen LogP) is 4.35. The molecule has 1 heterocycles. The van der Waals surface area contributed by atoms with Crippen LogP contribution in [0.2, 0.25) is 0 Å². The van der Waals surface area contributed by atoms with Crippen molar-refractivity contribution < 1.29 is 4.79 Å². The molecule has 0 aliphatic heterocycles. The number of benzene rings is 2. The van der Waals surface area contributed by atoms with Crippen LogP contribution in [0.3, 0.4) is 0 Å². The van der Waals surface area contributed by atoms with Gasteiger partial charge in [-0.15, -0.1) is 0 Å². The number of nitrogens with zero attached hydrogens (tertiary/aromatic N) is 2. The predicted molar refractivity (Wildman–Crippen MR) is 106 cm³/mol. The number of carbonyl (C=O) groups excluding carboxylic acids is 1. The van der Waals surface area contributed by atoms with E-state index in [-0.39, 0.29) is 5.91 Å². The molecule has 6 heteroatoms. The maximum absolute atomic E-state index is 12.4. The van der Waals surface area contributed by atoms with Crippen LogP contribution >= 0.6 is 15.9 Å². The Kier molecular flexibility index (Phi) is 5.38. The van der Waals surface area contributed by atoms with Gasteiger partial charge < -0.3 is 10.2 Å². The van der Waals surface area contributed by atoms with Gasteiger partial charge in [0.15, 0.2) is 5.82 Å². The number of fused-ring (bicyclic) bond motifs is 1. The number of amides is 1. The lowest BCUT2D eigenvalue weighted by Crippen LogP contribution is -2.21. The molecule has 0 spiro atoms. The van der Waals surface area contributed by atoms with E-state index in [2.05, 4.69) is 62.3 Å². The smallest absolute Gasteiger partial charge is 0.230 e. The van der Waals surface area contributed by atoms with Gasteiger partial charge in [0.1, 0.15) is 0 Å². The summed E-state index contributed by atoms with van der Waals surface area (Å²) in [6.07, 6.45) is 0.297. The summed E-state index contributed by atoms with van der Waals surface area (Å²) in [6.45, 7) is 6.13. The van der Waals surface area contributed by atoms with E-state index in [0.717, 1.165) is 39.7 Å². The standard InChI is InChI=1S/C19H21BrN4O/c1-3-24(4-2)14-9-10-17-15(12-14)19(23-22-17)21-18(25)11-13-7-5-6-8-16(13)20/h5-10,12H,3-4,11H2,1-2H3,(H2,21,22,23,25). The normalized spacial score (nSPS) is 10.8. The topological polar surface area (TPSA) is 61.0 Å². The summed E-state index contributed by atoms with van der Waals surface area (Å²) in [5, 5.41) is 11.1. The van der Waals surface area contributed by atoms with Crippen molar-refractivity contribution in [2.45, 2.75) is 20.3 Å². The third-order valence-corrected chi connectivity index (χ3v) is 5.02. The van der Waals surface area contributed by atoms with Gasteiger partial charge >= 0.3 is 0 Å². The molecule has 0 aliphatic rings. The van der Waals surface area contributed by atoms with E-state index in [1.165, 1.54) is 0 Å². The molecule has 2 N–H and O–H groups in total. The molecule has 0 bridgehead atoms. The Bertz CT molecular complexity index is 886. The maximum atomic E-state index is 12.4. The van der Waals surface area contributed by atoms with Gasteiger partial charge in [0, 0.05) is 28.6 Å². The Morgan fingerprint density at radius 2 is 1.96 bits per heavy atom. The third-order valence-electron chi connectivity index (χ3n) is 4.24. The van der Waals surface area contributed by atoms with Gasteiger partial charge in [0.2, 0.25) is 5.91 Å². The van der Waals surface area contributed by atoms with Crippen molar-refractivity contribution in [3.63, 3.8) is 0 Å². The summed E-state index contributed by atoms with van der Waals surface area (Å²) in [5.74, 6) is 0.481. The fraction of sp³-hybridized carbons (Fsp3) is 0.263. The Balaban J connectivity index is 1.82. The number of halogens is 1. The zero-order valence-electron chi connectivity index (χ0n) is 14.3. The molecule has 0 atom stereocenters. The molecule has 0 unspecified atom stereocenters. The third kappa shape index (κ3) is 3.85. The van der Waals surface area contributed by atoms with Crippen molar-refractivity contribution in [3.05, 3.63) is 52.5 Å². The van der Waals surface area contributed by atoms with Crippen LogP contribution < -0.4 is 10.2 Å². The van der Waals surface area contributed by atoms with Crippen LogP contribution in [0.25, 0.3) is 10.9 Å². The first-order valence-electron chi connectivity index (χ1n) is 8.38. The largest absolute Gasteiger partial charge is 0.372 e. The number of aromatic nitrogens is 2. The van der Waals surface area contributed by atoms with Gasteiger partial charge in [-0.3, -0.25) is 9.89 Å². The van der Waals surface area contributed by atoms with Crippen molar-refractivity contribution in [1.82, 2.24) is 10.2 Å². The summed E-state index contributed by atoms with van der Waals surface area (Å²) in [6, 6.07) is 13.9. The first kappa shape index (κ1) is 17.5. The van der Waals surface area contributed by atoms with Crippen LogP contribution in [0.15, 0.2) is 46.9 Å². The molecule has 5 nitrogen and oxygen atoms in total.